The molecule has 3 rings (SSSR count). The van der Waals surface area contributed by atoms with Gasteiger partial charge in [0.15, 0.2) is 0 Å². The second kappa shape index (κ2) is 8.77. The zero-order chi connectivity index (χ0) is 18.5. The first kappa shape index (κ1) is 19.0. The number of amides is 1. The molecule has 0 spiro atoms. The van der Waals surface area contributed by atoms with Crippen molar-refractivity contribution in [3.63, 3.8) is 0 Å². The molecule has 1 saturated heterocycles. The number of hydrogen-bond acceptors (Lipinski definition) is 5. The average molecular weight is 376 g/mol. The first-order chi connectivity index (χ1) is 12.6. The highest BCUT2D eigenvalue weighted by molar-refractivity contribution is 7.09. The van der Waals surface area contributed by atoms with Crippen LogP contribution in [0.3, 0.4) is 0 Å². The highest BCUT2D eigenvalue weighted by Gasteiger charge is 2.29. The van der Waals surface area contributed by atoms with E-state index in [0.717, 1.165) is 62.7 Å². The summed E-state index contributed by atoms with van der Waals surface area (Å²) in [7, 11) is 4.16. The van der Waals surface area contributed by atoms with Crippen LogP contribution in [0.4, 0.5) is 0 Å². The van der Waals surface area contributed by atoms with Crippen LogP contribution >= 0.6 is 11.3 Å². The lowest BCUT2D eigenvalue weighted by atomic mass is 9.97. The van der Waals surface area contributed by atoms with E-state index < -0.39 is 0 Å². The number of carbonyl (C=O) groups is 1. The number of carbonyl (C=O) groups excluding carboxylic acids is 1. The summed E-state index contributed by atoms with van der Waals surface area (Å²) in [5.41, 5.74) is 0.607. The third-order valence-corrected chi connectivity index (χ3v) is 5.75. The summed E-state index contributed by atoms with van der Waals surface area (Å²) >= 11 is 1.60. The van der Waals surface area contributed by atoms with Crippen LogP contribution in [0.2, 0.25) is 0 Å². The molecular formula is C19H29N5OS. The summed E-state index contributed by atoms with van der Waals surface area (Å²) in [6.45, 7) is 5.60. The summed E-state index contributed by atoms with van der Waals surface area (Å²) in [5, 5.41) is 2.97. The molecule has 1 aliphatic rings. The summed E-state index contributed by atoms with van der Waals surface area (Å²) in [6, 6.07) is 0. The summed E-state index contributed by atoms with van der Waals surface area (Å²) in [5.74, 6) is 1.48. The number of piperidine rings is 1. The van der Waals surface area contributed by atoms with E-state index in [-0.39, 0.29) is 5.91 Å². The summed E-state index contributed by atoms with van der Waals surface area (Å²) in [4.78, 5) is 26.1. The van der Waals surface area contributed by atoms with Crippen LogP contribution in [0.5, 0.6) is 0 Å². The van der Waals surface area contributed by atoms with Gasteiger partial charge in [-0.15, -0.1) is 11.3 Å². The quantitative estimate of drug-likeness (QED) is 0.747. The second-order valence-electron chi connectivity index (χ2n) is 7.25. The normalized spacial score (nSPS) is 17.8. The molecule has 0 saturated carbocycles. The summed E-state index contributed by atoms with van der Waals surface area (Å²) < 4.78 is 2.24. The van der Waals surface area contributed by atoms with Crippen molar-refractivity contribution in [1.82, 2.24) is 24.3 Å². The van der Waals surface area contributed by atoms with Crippen LogP contribution in [-0.2, 0) is 13.0 Å². The van der Waals surface area contributed by atoms with Crippen LogP contribution in [0.15, 0.2) is 17.8 Å². The van der Waals surface area contributed by atoms with Gasteiger partial charge in [0, 0.05) is 49.9 Å². The van der Waals surface area contributed by atoms with Gasteiger partial charge in [-0.25, -0.2) is 9.97 Å². The zero-order valence-electron chi connectivity index (χ0n) is 16.0. The molecule has 1 aliphatic heterocycles. The molecule has 2 aromatic heterocycles. The van der Waals surface area contributed by atoms with E-state index in [4.69, 9.17) is 0 Å². The Morgan fingerprint density at radius 1 is 1.42 bits per heavy atom. The molecule has 0 aliphatic carbocycles. The third kappa shape index (κ3) is 4.51. The van der Waals surface area contributed by atoms with E-state index in [0.29, 0.717) is 11.6 Å². The Kier molecular flexibility index (Phi) is 6.43. The monoisotopic (exact) mass is 375 g/mol. The number of thiazole rings is 1. The predicted octanol–water partition coefficient (Wildman–Crippen LogP) is 2.87. The maximum Gasteiger partial charge on any atom is 0.273 e. The summed E-state index contributed by atoms with van der Waals surface area (Å²) in [6.07, 6.45) is 8.04. The average Bonchev–Trinajstić information content (AvgIpc) is 3.29. The Labute approximate surface area is 159 Å². The van der Waals surface area contributed by atoms with Gasteiger partial charge in [-0.05, 0) is 39.8 Å². The molecule has 0 N–H and O–H groups in total. The lowest BCUT2D eigenvalue weighted by molar-refractivity contribution is 0.0698. The van der Waals surface area contributed by atoms with E-state index in [1.165, 1.54) is 0 Å². The Hall–Kier alpha value is -1.73. The minimum absolute atomic E-state index is 0.0692. The smallest absolute Gasteiger partial charge is 0.273 e. The molecule has 1 atom stereocenters. The van der Waals surface area contributed by atoms with E-state index in [2.05, 4.69) is 46.7 Å². The van der Waals surface area contributed by atoms with Gasteiger partial charge in [0.25, 0.3) is 5.91 Å². The Morgan fingerprint density at radius 3 is 3.04 bits per heavy atom. The van der Waals surface area contributed by atoms with Crippen molar-refractivity contribution in [1.29, 1.82) is 0 Å². The van der Waals surface area contributed by atoms with Gasteiger partial charge in [0.1, 0.15) is 11.5 Å². The largest absolute Gasteiger partial charge is 0.337 e. The van der Waals surface area contributed by atoms with E-state index in [1.54, 1.807) is 11.3 Å². The number of likely N-dealkylation sites (tertiary alicyclic amines) is 1. The fourth-order valence-electron chi connectivity index (χ4n) is 3.45. The number of rotatable bonds is 7. The molecular weight excluding hydrogens is 346 g/mol. The standard InChI is InChI=1S/C19H29N5OS/c1-4-6-17-21-16(14-26-17)19(25)24-9-5-7-15(13-24)18-20-8-10-23(18)12-11-22(2)3/h8,10,14-15H,4-7,9,11-13H2,1-3H3. The van der Waals surface area contributed by atoms with Crippen molar-refractivity contribution >= 4 is 17.2 Å². The Balaban J connectivity index is 1.67. The maximum atomic E-state index is 12.9. The molecule has 1 fully saturated rings. The van der Waals surface area contributed by atoms with Crippen molar-refractivity contribution in [2.24, 2.45) is 0 Å². The fraction of sp³-hybridized carbons (Fsp3) is 0.632. The minimum atomic E-state index is 0.0692. The number of nitrogens with zero attached hydrogens (tertiary/aromatic N) is 5. The number of likely N-dealkylation sites (N-methyl/N-ethyl adjacent to an activating group) is 1. The van der Waals surface area contributed by atoms with Crippen LogP contribution in [-0.4, -0.2) is 64.0 Å². The minimum Gasteiger partial charge on any atom is -0.337 e. The van der Waals surface area contributed by atoms with Crippen LogP contribution < -0.4 is 0 Å². The van der Waals surface area contributed by atoms with Gasteiger partial charge in [0.2, 0.25) is 0 Å². The van der Waals surface area contributed by atoms with Crippen molar-refractivity contribution in [3.8, 4) is 0 Å². The zero-order valence-corrected chi connectivity index (χ0v) is 16.8. The fourth-order valence-corrected chi connectivity index (χ4v) is 4.32. The van der Waals surface area contributed by atoms with Gasteiger partial charge in [0.05, 0.1) is 5.01 Å². The van der Waals surface area contributed by atoms with Crippen molar-refractivity contribution in [2.75, 3.05) is 33.7 Å². The van der Waals surface area contributed by atoms with E-state index >= 15 is 0 Å². The topological polar surface area (TPSA) is 54.3 Å². The molecule has 1 unspecified atom stereocenters. The predicted molar refractivity (Wildman–Crippen MR) is 105 cm³/mol. The van der Waals surface area contributed by atoms with Gasteiger partial charge < -0.3 is 14.4 Å². The first-order valence-electron chi connectivity index (χ1n) is 9.48. The number of hydrogen-bond donors (Lipinski definition) is 0. The first-order valence-corrected chi connectivity index (χ1v) is 10.4. The maximum absolute atomic E-state index is 12.9. The Morgan fingerprint density at radius 2 is 2.27 bits per heavy atom. The lowest BCUT2D eigenvalue weighted by Crippen LogP contribution is -2.40. The van der Waals surface area contributed by atoms with E-state index in [1.807, 2.05) is 16.5 Å². The number of aryl methyl sites for hydroxylation is 1. The van der Waals surface area contributed by atoms with Gasteiger partial charge >= 0.3 is 0 Å². The van der Waals surface area contributed by atoms with Crippen molar-refractivity contribution in [2.45, 2.75) is 45.1 Å². The van der Waals surface area contributed by atoms with Crippen LogP contribution in [0.1, 0.15) is 53.4 Å². The molecule has 7 heteroatoms. The number of imidazole rings is 1. The van der Waals surface area contributed by atoms with Crippen molar-refractivity contribution < 1.29 is 4.79 Å². The highest BCUT2D eigenvalue weighted by atomic mass is 32.1. The lowest BCUT2D eigenvalue weighted by Gasteiger charge is -2.32. The highest BCUT2D eigenvalue weighted by Crippen LogP contribution is 2.27. The molecule has 0 aromatic carbocycles. The molecule has 0 bridgehead atoms. The second-order valence-corrected chi connectivity index (χ2v) is 8.19. The van der Waals surface area contributed by atoms with Crippen LogP contribution in [0, 0.1) is 0 Å². The molecule has 2 aromatic rings. The Bertz CT molecular complexity index is 723. The van der Waals surface area contributed by atoms with Gasteiger partial charge in [-0.3, -0.25) is 4.79 Å². The molecule has 3 heterocycles. The number of aromatic nitrogens is 3. The third-order valence-electron chi connectivity index (χ3n) is 4.84. The van der Waals surface area contributed by atoms with Gasteiger partial charge in [-0.1, -0.05) is 6.92 Å². The molecule has 26 heavy (non-hydrogen) atoms. The molecule has 0 radical (unpaired) electrons. The SMILES string of the molecule is CCCc1nc(C(=O)N2CCCC(c3nccn3CCN(C)C)C2)cs1. The van der Waals surface area contributed by atoms with Crippen LogP contribution in [0.25, 0.3) is 0 Å². The van der Waals surface area contributed by atoms with E-state index in [9.17, 15) is 4.79 Å². The van der Waals surface area contributed by atoms with Crippen molar-refractivity contribution in [3.05, 3.63) is 34.3 Å². The molecule has 1 amide bonds. The molecule has 6 nitrogen and oxygen atoms in total. The molecule has 142 valence electrons. The van der Waals surface area contributed by atoms with Gasteiger partial charge in [-0.2, -0.15) is 0 Å².